The Labute approximate surface area is 138 Å². The van der Waals surface area contributed by atoms with Crippen LogP contribution in [0.15, 0.2) is 24.3 Å². The molecule has 0 aromatic heterocycles. The van der Waals surface area contributed by atoms with E-state index in [-0.39, 0.29) is 5.91 Å². The maximum atomic E-state index is 12.4. The first-order valence-electron chi connectivity index (χ1n) is 8.27. The molecule has 1 N–H and O–H groups in total. The molecule has 6 heteroatoms. The molecule has 1 aromatic carbocycles. The van der Waals surface area contributed by atoms with Crippen LogP contribution in [0.5, 0.6) is 0 Å². The maximum Gasteiger partial charge on any atom is 0.251 e. The van der Waals surface area contributed by atoms with Gasteiger partial charge in [0.05, 0.1) is 11.9 Å². The molecule has 5 nitrogen and oxygen atoms in total. The van der Waals surface area contributed by atoms with Crippen LogP contribution in [0.4, 0.5) is 5.69 Å². The monoisotopic (exact) mass is 336 g/mol. The SMILES string of the molecule is CCN(c1ccc(C(=O)N[C@@H]2C[C@@H]3CC[C@@H]2C3)cc1)S(C)(=O)=O. The average Bonchev–Trinajstić information content (AvgIpc) is 3.09. The first-order valence-corrected chi connectivity index (χ1v) is 10.1. The predicted octanol–water partition coefficient (Wildman–Crippen LogP) is 2.39. The van der Waals surface area contributed by atoms with Crippen molar-refractivity contribution in [1.29, 1.82) is 0 Å². The van der Waals surface area contributed by atoms with Crippen LogP contribution in [0.25, 0.3) is 0 Å². The topological polar surface area (TPSA) is 66.5 Å². The van der Waals surface area contributed by atoms with Gasteiger partial charge in [-0.15, -0.1) is 0 Å². The van der Waals surface area contributed by atoms with E-state index in [4.69, 9.17) is 0 Å². The Morgan fingerprint density at radius 3 is 2.39 bits per heavy atom. The molecule has 2 bridgehead atoms. The molecule has 3 atom stereocenters. The number of anilines is 1. The minimum atomic E-state index is -3.29. The molecule has 2 saturated carbocycles. The Bertz CT molecular complexity index is 684. The van der Waals surface area contributed by atoms with Gasteiger partial charge in [-0.1, -0.05) is 6.42 Å². The van der Waals surface area contributed by atoms with Gasteiger partial charge in [0.25, 0.3) is 5.91 Å². The predicted molar refractivity (Wildman–Crippen MR) is 91.0 cm³/mol. The highest BCUT2D eigenvalue weighted by molar-refractivity contribution is 7.92. The molecule has 0 aliphatic heterocycles. The van der Waals surface area contributed by atoms with E-state index in [0.29, 0.717) is 29.8 Å². The maximum absolute atomic E-state index is 12.4. The lowest BCUT2D eigenvalue weighted by Gasteiger charge is -2.23. The van der Waals surface area contributed by atoms with Crippen molar-refractivity contribution >= 4 is 21.6 Å². The third kappa shape index (κ3) is 3.37. The largest absolute Gasteiger partial charge is 0.349 e. The van der Waals surface area contributed by atoms with E-state index < -0.39 is 10.0 Å². The normalized spacial score (nSPS) is 26.3. The summed E-state index contributed by atoms with van der Waals surface area (Å²) in [5.74, 6) is 1.38. The second-order valence-electron chi connectivity index (χ2n) is 6.73. The number of nitrogens with one attached hydrogen (secondary N) is 1. The summed E-state index contributed by atoms with van der Waals surface area (Å²) >= 11 is 0. The summed E-state index contributed by atoms with van der Waals surface area (Å²) < 4.78 is 24.8. The summed E-state index contributed by atoms with van der Waals surface area (Å²) in [6.07, 6.45) is 6.08. The fourth-order valence-electron chi connectivity index (χ4n) is 4.06. The molecule has 1 amide bonds. The summed E-state index contributed by atoms with van der Waals surface area (Å²) in [7, 11) is -3.29. The molecule has 23 heavy (non-hydrogen) atoms. The third-order valence-electron chi connectivity index (χ3n) is 5.16. The van der Waals surface area contributed by atoms with Crippen molar-refractivity contribution in [2.45, 2.75) is 38.6 Å². The van der Waals surface area contributed by atoms with E-state index in [9.17, 15) is 13.2 Å². The average molecular weight is 336 g/mol. The van der Waals surface area contributed by atoms with Crippen molar-refractivity contribution in [2.75, 3.05) is 17.1 Å². The van der Waals surface area contributed by atoms with E-state index in [1.165, 1.54) is 29.8 Å². The van der Waals surface area contributed by atoms with Gasteiger partial charge in [0.15, 0.2) is 0 Å². The number of amides is 1. The van der Waals surface area contributed by atoms with E-state index in [2.05, 4.69) is 5.32 Å². The van der Waals surface area contributed by atoms with Gasteiger partial charge in [0.1, 0.15) is 0 Å². The number of carbonyl (C=O) groups is 1. The lowest BCUT2D eigenvalue weighted by molar-refractivity contribution is 0.0923. The standard InChI is InChI=1S/C17H24N2O3S/c1-3-19(23(2,21)22)15-8-6-13(7-9-15)17(20)18-16-11-12-4-5-14(16)10-12/h6-9,12,14,16H,3-5,10-11H2,1-2H3,(H,18,20)/t12-,14-,16-/m1/s1. The van der Waals surface area contributed by atoms with Crippen LogP contribution in [-0.2, 0) is 10.0 Å². The lowest BCUT2D eigenvalue weighted by Crippen LogP contribution is -2.38. The number of hydrogen-bond acceptors (Lipinski definition) is 3. The van der Waals surface area contributed by atoms with Crippen LogP contribution in [0.1, 0.15) is 43.0 Å². The van der Waals surface area contributed by atoms with Crippen molar-refractivity contribution in [3.8, 4) is 0 Å². The summed E-state index contributed by atoms with van der Waals surface area (Å²) in [6, 6.07) is 7.10. The second kappa shape index (κ2) is 6.15. The molecule has 0 radical (unpaired) electrons. The lowest BCUT2D eigenvalue weighted by atomic mass is 9.95. The van der Waals surface area contributed by atoms with Crippen molar-refractivity contribution in [3.63, 3.8) is 0 Å². The molecule has 0 heterocycles. The summed E-state index contributed by atoms with van der Waals surface area (Å²) in [6.45, 7) is 2.16. The van der Waals surface area contributed by atoms with Gasteiger partial charge in [-0.2, -0.15) is 0 Å². The van der Waals surface area contributed by atoms with Crippen molar-refractivity contribution in [1.82, 2.24) is 5.32 Å². The molecule has 1 aromatic rings. The van der Waals surface area contributed by atoms with Crippen LogP contribution in [0, 0.1) is 11.8 Å². The number of rotatable bonds is 5. The molecule has 0 unspecified atom stereocenters. The van der Waals surface area contributed by atoms with Crippen molar-refractivity contribution in [3.05, 3.63) is 29.8 Å². The van der Waals surface area contributed by atoms with Crippen LogP contribution in [0.2, 0.25) is 0 Å². The van der Waals surface area contributed by atoms with Gasteiger partial charge in [0.2, 0.25) is 10.0 Å². The van der Waals surface area contributed by atoms with Gasteiger partial charge in [-0.25, -0.2) is 8.42 Å². The zero-order chi connectivity index (χ0) is 16.6. The molecule has 2 fully saturated rings. The Kier molecular flexibility index (Phi) is 4.36. The molecular weight excluding hydrogens is 312 g/mol. The number of fused-ring (bicyclic) bond motifs is 2. The van der Waals surface area contributed by atoms with Gasteiger partial charge >= 0.3 is 0 Å². The highest BCUT2D eigenvalue weighted by atomic mass is 32.2. The van der Waals surface area contributed by atoms with E-state index in [1.807, 2.05) is 0 Å². The molecule has 3 rings (SSSR count). The molecule has 0 spiro atoms. The van der Waals surface area contributed by atoms with Crippen molar-refractivity contribution < 1.29 is 13.2 Å². The first-order chi connectivity index (χ1) is 10.9. The van der Waals surface area contributed by atoms with Crippen LogP contribution >= 0.6 is 0 Å². The van der Waals surface area contributed by atoms with Gasteiger partial charge in [0, 0.05) is 18.2 Å². The minimum Gasteiger partial charge on any atom is -0.349 e. The molecule has 2 aliphatic rings. The number of hydrogen-bond donors (Lipinski definition) is 1. The number of nitrogens with zero attached hydrogens (tertiary/aromatic N) is 1. The zero-order valence-corrected chi connectivity index (χ0v) is 14.5. The smallest absolute Gasteiger partial charge is 0.251 e. The fraction of sp³-hybridized carbons (Fsp3) is 0.588. The second-order valence-corrected chi connectivity index (χ2v) is 8.64. The Morgan fingerprint density at radius 2 is 1.91 bits per heavy atom. The van der Waals surface area contributed by atoms with Crippen molar-refractivity contribution in [2.24, 2.45) is 11.8 Å². The van der Waals surface area contributed by atoms with E-state index in [1.54, 1.807) is 31.2 Å². The zero-order valence-electron chi connectivity index (χ0n) is 13.7. The summed E-state index contributed by atoms with van der Waals surface area (Å²) in [5, 5.41) is 3.15. The molecule has 126 valence electrons. The highest BCUT2D eigenvalue weighted by Gasteiger charge is 2.40. The Hall–Kier alpha value is -1.56. The summed E-state index contributed by atoms with van der Waals surface area (Å²) in [5.41, 5.74) is 1.17. The fourth-order valence-corrected chi connectivity index (χ4v) is 5.03. The van der Waals surface area contributed by atoms with Gasteiger partial charge in [-0.3, -0.25) is 9.10 Å². The van der Waals surface area contributed by atoms with Crippen LogP contribution < -0.4 is 9.62 Å². The van der Waals surface area contributed by atoms with Crippen LogP contribution in [-0.4, -0.2) is 33.2 Å². The molecule has 0 saturated heterocycles. The quantitative estimate of drug-likeness (QED) is 0.898. The molecular formula is C17H24N2O3S. The Morgan fingerprint density at radius 1 is 1.22 bits per heavy atom. The number of carbonyl (C=O) groups excluding carboxylic acids is 1. The summed E-state index contributed by atoms with van der Waals surface area (Å²) in [4.78, 5) is 12.4. The molecule has 2 aliphatic carbocycles. The third-order valence-corrected chi connectivity index (χ3v) is 6.43. The van der Waals surface area contributed by atoms with Gasteiger partial charge < -0.3 is 5.32 Å². The van der Waals surface area contributed by atoms with E-state index in [0.717, 1.165) is 12.3 Å². The number of sulfonamides is 1. The minimum absolute atomic E-state index is 0.0588. The first kappa shape index (κ1) is 16.3. The highest BCUT2D eigenvalue weighted by Crippen LogP contribution is 2.44. The van der Waals surface area contributed by atoms with Gasteiger partial charge in [-0.05, 0) is 62.3 Å². The van der Waals surface area contributed by atoms with E-state index >= 15 is 0 Å². The Balaban J connectivity index is 1.68. The van der Waals surface area contributed by atoms with Crippen LogP contribution in [0.3, 0.4) is 0 Å². The number of benzene rings is 1.